The van der Waals surface area contributed by atoms with Crippen LogP contribution in [-0.2, 0) is 13.1 Å². The number of hydrogen-bond acceptors (Lipinski definition) is 4. The summed E-state index contributed by atoms with van der Waals surface area (Å²) in [7, 11) is 1.95. The first-order valence-electron chi connectivity index (χ1n) is 6.02. The molecular weight excluding hydrogens is 243 g/mol. The van der Waals surface area contributed by atoms with Gasteiger partial charge in [0.1, 0.15) is 11.6 Å². The monoisotopic (exact) mass is 260 g/mol. The predicted octanol–water partition coefficient (Wildman–Crippen LogP) is 2.14. The molecule has 0 spiro atoms. The molecule has 5 heteroatoms. The Kier molecular flexibility index (Phi) is 4.43. The van der Waals surface area contributed by atoms with Crippen molar-refractivity contribution < 1.29 is 4.39 Å². The number of nitrogens with one attached hydrogen (secondary N) is 1. The Balaban J connectivity index is 2.01. The van der Waals surface area contributed by atoms with E-state index < -0.39 is 0 Å². The van der Waals surface area contributed by atoms with Crippen LogP contribution in [0, 0.1) is 5.82 Å². The Bertz CT molecular complexity index is 544. The van der Waals surface area contributed by atoms with E-state index in [0.29, 0.717) is 24.5 Å². The molecule has 100 valence electrons. The van der Waals surface area contributed by atoms with Gasteiger partial charge in [0.2, 0.25) is 0 Å². The van der Waals surface area contributed by atoms with Crippen LogP contribution in [0.15, 0.2) is 42.6 Å². The van der Waals surface area contributed by atoms with Crippen LogP contribution in [0.5, 0.6) is 0 Å². The topological polar surface area (TPSA) is 54.2 Å². The number of pyridine rings is 1. The SMILES string of the molecule is CN(Cc1ccnc(NN)c1)Cc1ccccc1F. The summed E-state index contributed by atoms with van der Waals surface area (Å²) in [5.74, 6) is 5.77. The second-order valence-electron chi connectivity index (χ2n) is 4.46. The van der Waals surface area contributed by atoms with Crippen LogP contribution in [0.1, 0.15) is 11.1 Å². The molecule has 2 aromatic rings. The smallest absolute Gasteiger partial charge is 0.140 e. The molecule has 0 atom stereocenters. The molecule has 0 aliphatic carbocycles. The number of anilines is 1. The summed E-state index contributed by atoms with van der Waals surface area (Å²) in [4.78, 5) is 6.08. The lowest BCUT2D eigenvalue weighted by Gasteiger charge is -2.17. The fraction of sp³-hybridized carbons (Fsp3) is 0.214. The Morgan fingerprint density at radius 2 is 2.05 bits per heavy atom. The number of rotatable bonds is 5. The summed E-state index contributed by atoms with van der Waals surface area (Å²) in [5, 5.41) is 0. The van der Waals surface area contributed by atoms with Gasteiger partial charge < -0.3 is 5.43 Å². The van der Waals surface area contributed by atoms with Crippen molar-refractivity contribution in [1.82, 2.24) is 9.88 Å². The summed E-state index contributed by atoms with van der Waals surface area (Å²) in [6, 6.07) is 10.6. The zero-order chi connectivity index (χ0) is 13.7. The molecule has 0 saturated heterocycles. The number of hydrogen-bond donors (Lipinski definition) is 2. The highest BCUT2D eigenvalue weighted by atomic mass is 19.1. The minimum absolute atomic E-state index is 0.173. The van der Waals surface area contributed by atoms with Crippen LogP contribution in [0.2, 0.25) is 0 Å². The van der Waals surface area contributed by atoms with E-state index in [0.717, 1.165) is 5.56 Å². The Labute approximate surface area is 112 Å². The number of nitrogens with zero attached hydrogens (tertiary/aromatic N) is 2. The van der Waals surface area contributed by atoms with E-state index >= 15 is 0 Å². The maximum absolute atomic E-state index is 13.5. The van der Waals surface area contributed by atoms with E-state index in [1.807, 2.05) is 30.1 Å². The number of halogens is 1. The summed E-state index contributed by atoms with van der Waals surface area (Å²) in [6.07, 6.45) is 1.70. The first-order valence-corrected chi connectivity index (χ1v) is 6.02. The molecule has 4 nitrogen and oxygen atoms in total. The molecule has 0 aliphatic heterocycles. The van der Waals surface area contributed by atoms with Crippen LogP contribution in [0.4, 0.5) is 10.2 Å². The van der Waals surface area contributed by atoms with Gasteiger partial charge in [-0.1, -0.05) is 18.2 Å². The molecule has 0 amide bonds. The zero-order valence-electron chi connectivity index (χ0n) is 10.8. The third-order valence-electron chi connectivity index (χ3n) is 2.82. The molecule has 0 aliphatic rings. The van der Waals surface area contributed by atoms with Crippen molar-refractivity contribution in [3.8, 4) is 0 Å². The van der Waals surface area contributed by atoms with Crippen LogP contribution >= 0.6 is 0 Å². The summed E-state index contributed by atoms with van der Waals surface area (Å²) in [5.41, 5.74) is 4.27. The van der Waals surface area contributed by atoms with Gasteiger partial charge in [-0.15, -0.1) is 0 Å². The number of nitrogens with two attached hydrogens (primary N) is 1. The molecular formula is C14H17FN4. The van der Waals surface area contributed by atoms with Crippen molar-refractivity contribution in [2.24, 2.45) is 5.84 Å². The van der Waals surface area contributed by atoms with Gasteiger partial charge in [-0.2, -0.15) is 0 Å². The van der Waals surface area contributed by atoms with Gasteiger partial charge in [0.25, 0.3) is 0 Å². The molecule has 0 radical (unpaired) electrons. The molecule has 0 saturated carbocycles. The van der Waals surface area contributed by atoms with Crippen molar-refractivity contribution in [2.75, 3.05) is 12.5 Å². The molecule has 3 N–H and O–H groups in total. The zero-order valence-corrected chi connectivity index (χ0v) is 10.8. The van der Waals surface area contributed by atoms with Crippen molar-refractivity contribution in [3.05, 3.63) is 59.5 Å². The molecule has 0 unspecified atom stereocenters. The molecule has 0 bridgehead atoms. The summed E-state index contributed by atoms with van der Waals surface area (Å²) >= 11 is 0. The average molecular weight is 260 g/mol. The molecule has 2 rings (SSSR count). The third-order valence-corrected chi connectivity index (χ3v) is 2.82. The van der Waals surface area contributed by atoms with Crippen molar-refractivity contribution in [1.29, 1.82) is 0 Å². The summed E-state index contributed by atoms with van der Waals surface area (Å²) < 4.78 is 13.5. The highest BCUT2D eigenvalue weighted by molar-refractivity contribution is 5.35. The van der Waals surface area contributed by atoms with E-state index in [9.17, 15) is 4.39 Å². The standard InChI is InChI=1S/C14H17FN4/c1-19(10-12-4-2-3-5-13(12)15)9-11-6-7-17-14(8-11)18-16/h2-8H,9-10,16H2,1H3,(H,17,18). The lowest BCUT2D eigenvalue weighted by atomic mass is 10.2. The lowest BCUT2D eigenvalue weighted by molar-refractivity contribution is 0.313. The van der Waals surface area contributed by atoms with E-state index in [-0.39, 0.29) is 5.82 Å². The quantitative estimate of drug-likeness (QED) is 0.639. The normalized spacial score (nSPS) is 10.7. The van der Waals surface area contributed by atoms with E-state index in [1.165, 1.54) is 6.07 Å². The van der Waals surface area contributed by atoms with Crippen LogP contribution in [0.3, 0.4) is 0 Å². The first kappa shape index (κ1) is 13.5. The first-order chi connectivity index (χ1) is 9.19. The predicted molar refractivity (Wildman–Crippen MR) is 73.6 cm³/mol. The van der Waals surface area contributed by atoms with Gasteiger partial charge in [-0.3, -0.25) is 4.90 Å². The van der Waals surface area contributed by atoms with Crippen molar-refractivity contribution in [2.45, 2.75) is 13.1 Å². The van der Waals surface area contributed by atoms with Gasteiger partial charge in [-0.05, 0) is 30.8 Å². The number of benzene rings is 1. The summed E-state index contributed by atoms with van der Waals surface area (Å²) in [6.45, 7) is 1.26. The number of nitrogen functional groups attached to an aromatic ring is 1. The second kappa shape index (κ2) is 6.26. The second-order valence-corrected chi connectivity index (χ2v) is 4.46. The van der Waals surface area contributed by atoms with Gasteiger partial charge in [-0.25, -0.2) is 15.2 Å². The van der Waals surface area contributed by atoms with Crippen molar-refractivity contribution >= 4 is 5.82 Å². The molecule has 0 fully saturated rings. The number of hydrazine groups is 1. The molecule has 1 aromatic carbocycles. The minimum atomic E-state index is -0.173. The Hall–Kier alpha value is -1.98. The van der Waals surface area contributed by atoms with Gasteiger partial charge in [0.15, 0.2) is 0 Å². The fourth-order valence-corrected chi connectivity index (χ4v) is 1.94. The number of aromatic nitrogens is 1. The Morgan fingerprint density at radius 3 is 2.79 bits per heavy atom. The van der Waals surface area contributed by atoms with E-state index in [1.54, 1.807) is 18.3 Å². The minimum Gasteiger partial charge on any atom is -0.308 e. The molecule has 19 heavy (non-hydrogen) atoms. The maximum atomic E-state index is 13.5. The molecule has 1 aromatic heterocycles. The van der Waals surface area contributed by atoms with Crippen LogP contribution in [-0.4, -0.2) is 16.9 Å². The highest BCUT2D eigenvalue weighted by Gasteiger charge is 2.06. The van der Waals surface area contributed by atoms with Crippen LogP contribution in [0.25, 0.3) is 0 Å². The largest absolute Gasteiger partial charge is 0.308 e. The molecule has 1 heterocycles. The lowest BCUT2D eigenvalue weighted by Crippen LogP contribution is -2.18. The van der Waals surface area contributed by atoms with Crippen LogP contribution < -0.4 is 11.3 Å². The Morgan fingerprint density at radius 1 is 1.26 bits per heavy atom. The van der Waals surface area contributed by atoms with Gasteiger partial charge >= 0.3 is 0 Å². The highest BCUT2D eigenvalue weighted by Crippen LogP contribution is 2.12. The van der Waals surface area contributed by atoms with E-state index in [2.05, 4.69) is 10.4 Å². The van der Waals surface area contributed by atoms with Gasteiger partial charge in [0, 0.05) is 24.8 Å². The fourth-order valence-electron chi connectivity index (χ4n) is 1.94. The van der Waals surface area contributed by atoms with Crippen molar-refractivity contribution in [3.63, 3.8) is 0 Å². The third kappa shape index (κ3) is 3.74. The maximum Gasteiger partial charge on any atom is 0.140 e. The van der Waals surface area contributed by atoms with E-state index in [4.69, 9.17) is 5.84 Å². The average Bonchev–Trinajstić information content (AvgIpc) is 2.41. The van der Waals surface area contributed by atoms with Gasteiger partial charge in [0.05, 0.1) is 0 Å².